The standard InChI is InChI=1S/C11H9ClN4OS/c1-6-13-9(12)4-10-14-15-11(16(6)10)8-3-7(17-2)5-18-8/h3-5H,1-2H3. The minimum Gasteiger partial charge on any atom is -0.496 e. The van der Waals surface area contributed by atoms with Crippen molar-refractivity contribution in [3.05, 3.63) is 28.5 Å². The highest BCUT2D eigenvalue weighted by Crippen LogP contribution is 2.30. The molecule has 0 aliphatic carbocycles. The first kappa shape index (κ1) is 11.4. The van der Waals surface area contributed by atoms with Crippen molar-refractivity contribution < 1.29 is 4.74 Å². The summed E-state index contributed by atoms with van der Waals surface area (Å²) >= 11 is 7.45. The molecular weight excluding hydrogens is 272 g/mol. The topological polar surface area (TPSA) is 52.3 Å². The summed E-state index contributed by atoms with van der Waals surface area (Å²) in [6, 6.07) is 3.62. The van der Waals surface area contributed by atoms with Crippen molar-refractivity contribution in [2.45, 2.75) is 6.92 Å². The van der Waals surface area contributed by atoms with E-state index in [2.05, 4.69) is 15.2 Å². The molecular formula is C11H9ClN4OS. The van der Waals surface area contributed by atoms with Crippen LogP contribution in [-0.2, 0) is 0 Å². The Morgan fingerprint density at radius 3 is 2.89 bits per heavy atom. The van der Waals surface area contributed by atoms with Crippen LogP contribution in [-0.4, -0.2) is 26.7 Å². The van der Waals surface area contributed by atoms with Gasteiger partial charge in [0.1, 0.15) is 16.7 Å². The maximum absolute atomic E-state index is 5.90. The highest BCUT2D eigenvalue weighted by Gasteiger charge is 2.13. The van der Waals surface area contributed by atoms with Crippen molar-refractivity contribution in [1.82, 2.24) is 19.6 Å². The molecule has 0 spiro atoms. The van der Waals surface area contributed by atoms with Crippen LogP contribution >= 0.6 is 22.9 Å². The minimum atomic E-state index is 0.419. The number of rotatable bonds is 2. The van der Waals surface area contributed by atoms with Crippen molar-refractivity contribution in [3.63, 3.8) is 0 Å². The zero-order chi connectivity index (χ0) is 12.7. The molecule has 0 aliphatic rings. The molecule has 92 valence electrons. The molecule has 18 heavy (non-hydrogen) atoms. The zero-order valence-electron chi connectivity index (χ0n) is 9.72. The Morgan fingerprint density at radius 1 is 1.33 bits per heavy atom. The molecule has 5 nitrogen and oxygen atoms in total. The number of aryl methyl sites for hydroxylation is 1. The second-order valence-corrected chi connectivity index (χ2v) is 4.99. The minimum absolute atomic E-state index is 0.419. The van der Waals surface area contributed by atoms with Crippen LogP contribution in [0.25, 0.3) is 16.3 Å². The van der Waals surface area contributed by atoms with Crippen molar-refractivity contribution in [2.75, 3.05) is 7.11 Å². The maximum Gasteiger partial charge on any atom is 0.180 e. The number of hydrogen-bond acceptors (Lipinski definition) is 5. The molecule has 3 rings (SSSR count). The second-order valence-electron chi connectivity index (χ2n) is 3.69. The number of hydrogen-bond donors (Lipinski definition) is 0. The van der Waals surface area contributed by atoms with Gasteiger partial charge in [-0.3, -0.25) is 4.40 Å². The van der Waals surface area contributed by atoms with Gasteiger partial charge in [-0.25, -0.2) is 4.98 Å². The van der Waals surface area contributed by atoms with E-state index in [4.69, 9.17) is 16.3 Å². The van der Waals surface area contributed by atoms with Crippen LogP contribution < -0.4 is 4.74 Å². The fourth-order valence-electron chi connectivity index (χ4n) is 1.75. The van der Waals surface area contributed by atoms with E-state index in [1.54, 1.807) is 24.5 Å². The average molecular weight is 281 g/mol. The van der Waals surface area contributed by atoms with Crippen LogP contribution in [0.2, 0.25) is 5.15 Å². The molecule has 0 bridgehead atoms. The molecule has 0 atom stereocenters. The predicted octanol–water partition coefficient (Wildman–Crippen LogP) is 2.82. The van der Waals surface area contributed by atoms with Gasteiger partial charge in [-0.1, -0.05) is 11.6 Å². The molecule has 0 aromatic carbocycles. The van der Waals surface area contributed by atoms with Crippen LogP contribution in [0.15, 0.2) is 17.5 Å². The normalized spacial score (nSPS) is 11.1. The number of thiophene rings is 1. The first-order valence-corrected chi connectivity index (χ1v) is 6.46. The highest BCUT2D eigenvalue weighted by molar-refractivity contribution is 7.13. The summed E-state index contributed by atoms with van der Waals surface area (Å²) in [5, 5.41) is 10.6. The lowest BCUT2D eigenvalue weighted by molar-refractivity contribution is 0.417. The molecule has 0 aliphatic heterocycles. The monoisotopic (exact) mass is 280 g/mol. The van der Waals surface area contributed by atoms with E-state index in [1.807, 2.05) is 22.8 Å². The Labute approximate surface area is 112 Å². The molecule has 0 fully saturated rings. The summed E-state index contributed by atoms with van der Waals surface area (Å²) in [4.78, 5) is 5.19. The number of aromatic nitrogens is 4. The van der Waals surface area contributed by atoms with E-state index in [0.29, 0.717) is 10.8 Å². The molecule has 0 saturated heterocycles. The third kappa shape index (κ3) is 1.74. The van der Waals surface area contributed by atoms with Gasteiger partial charge in [-0.2, -0.15) is 0 Å². The lowest BCUT2D eigenvalue weighted by Crippen LogP contribution is -1.97. The molecule has 7 heteroatoms. The van der Waals surface area contributed by atoms with Crippen LogP contribution in [0.1, 0.15) is 5.82 Å². The zero-order valence-corrected chi connectivity index (χ0v) is 11.3. The van der Waals surface area contributed by atoms with Crippen LogP contribution in [0.3, 0.4) is 0 Å². The van der Waals surface area contributed by atoms with E-state index >= 15 is 0 Å². The van der Waals surface area contributed by atoms with E-state index in [0.717, 1.165) is 22.3 Å². The summed E-state index contributed by atoms with van der Waals surface area (Å²) in [6.45, 7) is 1.87. The number of fused-ring (bicyclic) bond motifs is 1. The number of ether oxygens (including phenoxy) is 1. The lowest BCUT2D eigenvalue weighted by atomic mass is 10.4. The van der Waals surface area contributed by atoms with E-state index in [1.165, 1.54) is 0 Å². The molecule has 0 saturated carbocycles. The number of halogens is 1. The molecule has 0 unspecified atom stereocenters. The SMILES string of the molecule is COc1csc(-c2nnc3cc(Cl)nc(C)n23)c1. The Hall–Kier alpha value is -1.66. The highest BCUT2D eigenvalue weighted by atomic mass is 35.5. The molecule has 3 heterocycles. The van der Waals surface area contributed by atoms with Crippen molar-refractivity contribution in [1.29, 1.82) is 0 Å². The van der Waals surface area contributed by atoms with Gasteiger partial charge in [-0.05, 0) is 6.92 Å². The van der Waals surface area contributed by atoms with Gasteiger partial charge in [0, 0.05) is 17.5 Å². The van der Waals surface area contributed by atoms with E-state index in [-0.39, 0.29) is 0 Å². The summed E-state index contributed by atoms with van der Waals surface area (Å²) in [5.41, 5.74) is 0.690. The first-order valence-electron chi connectivity index (χ1n) is 5.20. The van der Waals surface area contributed by atoms with Gasteiger partial charge >= 0.3 is 0 Å². The Morgan fingerprint density at radius 2 is 2.17 bits per heavy atom. The van der Waals surface area contributed by atoms with Gasteiger partial charge in [0.15, 0.2) is 11.5 Å². The summed E-state index contributed by atoms with van der Waals surface area (Å²) in [6.07, 6.45) is 0. The fraction of sp³-hybridized carbons (Fsp3) is 0.182. The van der Waals surface area contributed by atoms with E-state index in [9.17, 15) is 0 Å². The van der Waals surface area contributed by atoms with Crippen molar-refractivity contribution in [2.24, 2.45) is 0 Å². The average Bonchev–Trinajstić information content (AvgIpc) is 2.93. The molecule has 0 N–H and O–H groups in total. The molecule has 0 radical (unpaired) electrons. The van der Waals surface area contributed by atoms with Gasteiger partial charge in [0.2, 0.25) is 0 Å². The lowest BCUT2D eigenvalue weighted by Gasteiger charge is -2.01. The first-order chi connectivity index (χ1) is 8.69. The van der Waals surface area contributed by atoms with Crippen LogP contribution in [0, 0.1) is 6.92 Å². The fourth-order valence-corrected chi connectivity index (χ4v) is 2.80. The van der Waals surface area contributed by atoms with Crippen molar-refractivity contribution >= 4 is 28.6 Å². The van der Waals surface area contributed by atoms with Gasteiger partial charge in [0.05, 0.1) is 12.0 Å². The van der Waals surface area contributed by atoms with Gasteiger partial charge in [0.25, 0.3) is 0 Å². The second kappa shape index (κ2) is 4.22. The van der Waals surface area contributed by atoms with Crippen molar-refractivity contribution in [3.8, 4) is 16.5 Å². The Bertz CT molecular complexity index is 721. The summed E-state index contributed by atoms with van der Waals surface area (Å²) in [7, 11) is 1.64. The quantitative estimate of drug-likeness (QED) is 0.677. The Kier molecular flexibility index (Phi) is 2.68. The van der Waals surface area contributed by atoms with Crippen LogP contribution in [0.4, 0.5) is 0 Å². The van der Waals surface area contributed by atoms with Gasteiger partial charge in [-0.15, -0.1) is 21.5 Å². The summed E-state index contributed by atoms with van der Waals surface area (Å²) < 4.78 is 7.04. The van der Waals surface area contributed by atoms with Gasteiger partial charge < -0.3 is 4.74 Å². The van der Waals surface area contributed by atoms with Crippen LogP contribution in [0.5, 0.6) is 5.75 Å². The third-order valence-electron chi connectivity index (χ3n) is 2.56. The summed E-state index contributed by atoms with van der Waals surface area (Å²) in [5.74, 6) is 2.32. The predicted molar refractivity (Wildman–Crippen MR) is 70.4 cm³/mol. The maximum atomic E-state index is 5.90. The molecule has 3 aromatic heterocycles. The number of methoxy groups -OCH3 is 1. The molecule has 3 aromatic rings. The molecule has 0 amide bonds. The largest absolute Gasteiger partial charge is 0.496 e. The Balaban J connectivity index is 2.23. The smallest absolute Gasteiger partial charge is 0.180 e. The number of nitrogens with zero attached hydrogens (tertiary/aromatic N) is 4. The van der Waals surface area contributed by atoms with E-state index < -0.39 is 0 Å². The third-order valence-corrected chi connectivity index (χ3v) is 3.66.